The SMILES string of the molecule is CCN(CC)S(=O)(=O)c1ccc(C(C)NC(=O)N2CCN(c3ccccc3Cl)CC2)cc1.Cl. The number of piperazine rings is 1. The molecule has 1 aliphatic heterocycles. The molecule has 0 aromatic heterocycles. The minimum absolute atomic E-state index is 0. The molecule has 2 aromatic rings. The molecule has 1 aliphatic rings. The number of sulfonamides is 1. The Kier molecular flexibility index (Phi) is 9.84. The number of nitrogens with one attached hydrogen (secondary N) is 1. The highest BCUT2D eigenvalue weighted by atomic mass is 35.5. The third-order valence-corrected chi connectivity index (χ3v) is 8.21. The van der Waals surface area contributed by atoms with Crippen LogP contribution in [0.1, 0.15) is 32.4 Å². The normalized spacial score (nSPS) is 15.2. The Morgan fingerprint density at radius 1 is 1.03 bits per heavy atom. The van der Waals surface area contributed by atoms with Crippen LogP contribution in [0, 0.1) is 0 Å². The number of amides is 2. The monoisotopic (exact) mass is 514 g/mol. The van der Waals surface area contributed by atoms with E-state index in [1.165, 1.54) is 4.31 Å². The molecule has 0 saturated carbocycles. The molecule has 2 amide bonds. The highest BCUT2D eigenvalue weighted by molar-refractivity contribution is 7.89. The maximum atomic E-state index is 12.8. The maximum absolute atomic E-state index is 12.8. The molecule has 1 saturated heterocycles. The van der Waals surface area contributed by atoms with Crippen molar-refractivity contribution >= 4 is 45.7 Å². The molecular weight excluding hydrogens is 483 g/mol. The van der Waals surface area contributed by atoms with Crippen molar-refractivity contribution in [2.24, 2.45) is 0 Å². The molecular formula is C23H32Cl2N4O3S. The second-order valence-electron chi connectivity index (χ2n) is 7.76. The van der Waals surface area contributed by atoms with E-state index in [4.69, 9.17) is 11.6 Å². The van der Waals surface area contributed by atoms with Gasteiger partial charge in [-0.1, -0.05) is 49.7 Å². The van der Waals surface area contributed by atoms with E-state index >= 15 is 0 Å². The van der Waals surface area contributed by atoms with Crippen LogP contribution in [-0.2, 0) is 10.0 Å². The molecule has 1 N–H and O–H groups in total. The first-order valence-electron chi connectivity index (χ1n) is 10.9. The van der Waals surface area contributed by atoms with Gasteiger partial charge in [0.05, 0.1) is 21.6 Å². The lowest BCUT2D eigenvalue weighted by Gasteiger charge is -2.37. The number of hydrogen-bond donors (Lipinski definition) is 1. The van der Waals surface area contributed by atoms with Crippen LogP contribution in [0.3, 0.4) is 0 Å². The van der Waals surface area contributed by atoms with Gasteiger partial charge in [-0.05, 0) is 36.8 Å². The molecule has 3 rings (SSSR count). The predicted octanol–water partition coefficient (Wildman–Crippen LogP) is 4.39. The standard InChI is InChI=1S/C23H31ClN4O3S.ClH/c1-4-28(5-2)32(30,31)20-12-10-19(11-13-20)18(3)25-23(29)27-16-14-26(15-17-27)22-9-7-6-8-21(22)24;/h6-13,18H,4-5,14-17H2,1-3H3,(H,25,29);1H. The third-order valence-electron chi connectivity index (χ3n) is 5.82. The number of carbonyl (C=O) groups is 1. The second-order valence-corrected chi connectivity index (χ2v) is 10.1. The largest absolute Gasteiger partial charge is 0.367 e. The summed E-state index contributed by atoms with van der Waals surface area (Å²) in [7, 11) is -3.49. The number of rotatable bonds is 7. The minimum Gasteiger partial charge on any atom is -0.367 e. The molecule has 10 heteroatoms. The summed E-state index contributed by atoms with van der Waals surface area (Å²) in [6.45, 7) is 9.02. The molecule has 1 heterocycles. The summed E-state index contributed by atoms with van der Waals surface area (Å²) >= 11 is 6.29. The van der Waals surface area contributed by atoms with Gasteiger partial charge in [-0.3, -0.25) is 0 Å². The predicted molar refractivity (Wildman–Crippen MR) is 136 cm³/mol. The van der Waals surface area contributed by atoms with E-state index in [0.717, 1.165) is 11.3 Å². The highest BCUT2D eigenvalue weighted by Crippen LogP contribution is 2.26. The number of carbonyl (C=O) groups excluding carboxylic acids is 1. The van der Waals surface area contributed by atoms with Crippen molar-refractivity contribution in [2.45, 2.75) is 31.7 Å². The smallest absolute Gasteiger partial charge is 0.317 e. The van der Waals surface area contributed by atoms with Gasteiger partial charge in [0, 0.05) is 39.3 Å². The number of urea groups is 1. The summed E-state index contributed by atoms with van der Waals surface area (Å²) < 4.78 is 26.7. The number of benzene rings is 2. The van der Waals surface area contributed by atoms with Gasteiger partial charge in [0.15, 0.2) is 0 Å². The molecule has 0 radical (unpaired) electrons. The molecule has 182 valence electrons. The Hall–Kier alpha value is -2.00. The van der Waals surface area contributed by atoms with E-state index in [9.17, 15) is 13.2 Å². The first-order chi connectivity index (χ1) is 15.3. The van der Waals surface area contributed by atoms with Crippen molar-refractivity contribution < 1.29 is 13.2 Å². The summed E-state index contributed by atoms with van der Waals surface area (Å²) in [4.78, 5) is 17.0. The van der Waals surface area contributed by atoms with Gasteiger partial charge in [0.1, 0.15) is 0 Å². The summed E-state index contributed by atoms with van der Waals surface area (Å²) in [6.07, 6.45) is 0. The van der Waals surface area contributed by atoms with Gasteiger partial charge in [-0.15, -0.1) is 12.4 Å². The zero-order valence-corrected chi connectivity index (χ0v) is 21.6. The van der Waals surface area contributed by atoms with Gasteiger partial charge in [-0.2, -0.15) is 4.31 Å². The van der Waals surface area contributed by atoms with Crippen LogP contribution >= 0.6 is 24.0 Å². The van der Waals surface area contributed by atoms with Crippen LogP contribution in [-0.4, -0.2) is 62.9 Å². The van der Waals surface area contributed by atoms with Crippen molar-refractivity contribution in [3.63, 3.8) is 0 Å². The van der Waals surface area contributed by atoms with Crippen molar-refractivity contribution in [1.82, 2.24) is 14.5 Å². The number of nitrogens with zero attached hydrogens (tertiary/aromatic N) is 3. The molecule has 1 fully saturated rings. The summed E-state index contributed by atoms with van der Waals surface area (Å²) in [5.74, 6) is 0. The van der Waals surface area contributed by atoms with E-state index in [2.05, 4.69) is 10.2 Å². The van der Waals surface area contributed by atoms with Crippen LogP contribution in [0.2, 0.25) is 5.02 Å². The fraction of sp³-hybridized carbons (Fsp3) is 0.435. The lowest BCUT2D eigenvalue weighted by atomic mass is 10.1. The first kappa shape index (κ1) is 27.2. The number of para-hydroxylation sites is 1. The average Bonchev–Trinajstić information content (AvgIpc) is 2.80. The van der Waals surface area contributed by atoms with Crippen LogP contribution in [0.25, 0.3) is 0 Å². The second kappa shape index (κ2) is 11.9. The van der Waals surface area contributed by atoms with Gasteiger partial charge in [0.2, 0.25) is 10.0 Å². The van der Waals surface area contributed by atoms with Crippen LogP contribution < -0.4 is 10.2 Å². The van der Waals surface area contributed by atoms with Crippen LogP contribution in [0.4, 0.5) is 10.5 Å². The molecule has 1 atom stereocenters. The van der Waals surface area contributed by atoms with Crippen LogP contribution in [0.15, 0.2) is 53.4 Å². The van der Waals surface area contributed by atoms with E-state index in [1.807, 2.05) is 45.0 Å². The van der Waals surface area contributed by atoms with Gasteiger partial charge >= 0.3 is 6.03 Å². The summed E-state index contributed by atoms with van der Waals surface area (Å²) in [5.41, 5.74) is 1.84. The quantitative estimate of drug-likeness (QED) is 0.594. The van der Waals surface area contributed by atoms with Crippen molar-refractivity contribution in [1.29, 1.82) is 0 Å². The Bertz CT molecular complexity index is 1020. The molecule has 7 nitrogen and oxygen atoms in total. The lowest BCUT2D eigenvalue weighted by molar-refractivity contribution is 0.191. The molecule has 0 spiro atoms. The molecule has 33 heavy (non-hydrogen) atoms. The van der Waals surface area contributed by atoms with E-state index < -0.39 is 10.0 Å². The summed E-state index contributed by atoms with van der Waals surface area (Å²) in [6, 6.07) is 14.1. The zero-order chi connectivity index (χ0) is 23.3. The van der Waals surface area contributed by atoms with E-state index in [0.29, 0.717) is 44.3 Å². The van der Waals surface area contributed by atoms with E-state index in [-0.39, 0.29) is 29.4 Å². The lowest BCUT2D eigenvalue weighted by Crippen LogP contribution is -2.52. The molecule has 0 aliphatic carbocycles. The average molecular weight is 516 g/mol. The summed E-state index contributed by atoms with van der Waals surface area (Å²) in [5, 5.41) is 3.73. The molecule has 1 unspecified atom stereocenters. The fourth-order valence-electron chi connectivity index (χ4n) is 3.86. The third kappa shape index (κ3) is 6.32. The van der Waals surface area contributed by atoms with Crippen molar-refractivity contribution in [2.75, 3.05) is 44.2 Å². The highest BCUT2D eigenvalue weighted by Gasteiger charge is 2.24. The van der Waals surface area contributed by atoms with Crippen molar-refractivity contribution in [3.05, 3.63) is 59.1 Å². The van der Waals surface area contributed by atoms with Crippen LogP contribution in [0.5, 0.6) is 0 Å². The Balaban J connectivity index is 0.00000385. The van der Waals surface area contributed by atoms with Gasteiger partial charge in [-0.25, -0.2) is 13.2 Å². The topological polar surface area (TPSA) is 73.0 Å². The molecule has 2 aromatic carbocycles. The Morgan fingerprint density at radius 2 is 1.61 bits per heavy atom. The zero-order valence-electron chi connectivity index (χ0n) is 19.2. The Morgan fingerprint density at radius 3 is 2.15 bits per heavy atom. The minimum atomic E-state index is -3.49. The number of hydrogen-bond acceptors (Lipinski definition) is 4. The Labute approximate surface area is 208 Å². The van der Waals surface area contributed by atoms with Gasteiger partial charge in [0.25, 0.3) is 0 Å². The van der Waals surface area contributed by atoms with Gasteiger partial charge < -0.3 is 15.1 Å². The number of anilines is 1. The molecule has 0 bridgehead atoms. The van der Waals surface area contributed by atoms with Crippen molar-refractivity contribution in [3.8, 4) is 0 Å². The fourth-order valence-corrected chi connectivity index (χ4v) is 5.57. The maximum Gasteiger partial charge on any atom is 0.317 e. The number of halogens is 2. The first-order valence-corrected chi connectivity index (χ1v) is 12.7. The van der Waals surface area contributed by atoms with E-state index in [1.54, 1.807) is 29.2 Å².